The van der Waals surface area contributed by atoms with Crippen LogP contribution in [0.4, 0.5) is 16.2 Å². The van der Waals surface area contributed by atoms with Crippen molar-refractivity contribution >= 4 is 39.9 Å². The maximum atomic E-state index is 12.9. The van der Waals surface area contributed by atoms with Crippen LogP contribution in [0.15, 0.2) is 47.4 Å². The van der Waals surface area contributed by atoms with E-state index >= 15 is 0 Å². The highest BCUT2D eigenvalue weighted by Crippen LogP contribution is 2.40. The van der Waals surface area contributed by atoms with Gasteiger partial charge in [-0.1, -0.05) is 12.1 Å². The van der Waals surface area contributed by atoms with Crippen LogP contribution in [-0.4, -0.2) is 16.1 Å². The van der Waals surface area contributed by atoms with Gasteiger partial charge in [-0.15, -0.1) is 0 Å². The molecule has 0 spiro atoms. The first-order valence-electron chi connectivity index (χ1n) is 7.89. The van der Waals surface area contributed by atoms with Crippen molar-refractivity contribution in [3.63, 3.8) is 0 Å². The monoisotopic (exact) mass is 368 g/mol. The Labute approximate surface area is 154 Å². The van der Waals surface area contributed by atoms with Crippen molar-refractivity contribution in [2.24, 2.45) is 0 Å². The quantitative estimate of drug-likeness (QED) is 0.440. The number of nitrogens with zero attached hydrogens (tertiary/aromatic N) is 2. The molecule has 26 heavy (non-hydrogen) atoms. The number of rotatable bonds is 3. The minimum Gasteiger partial charge on any atom is -0.268 e. The Kier molecular flexibility index (Phi) is 4.65. The fraction of sp³-hybridized carbons (Fsp3) is 0.158. The van der Waals surface area contributed by atoms with Gasteiger partial charge in [-0.2, -0.15) is 0 Å². The molecule has 3 rings (SSSR count). The molecule has 1 saturated heterocycles. The Morgan fingerprint density at radius 3 is 2.35 bits per heavy atom. The summed E-state index contributed by atoms with van der Waals surface area (Å²) in [5.74, 6) is -0.371. The minimum atomic E-state index is -0.479. The van der Waals surface area contributed by atoms with Crippen molar-refractivity contribution < 1.29 is 14.5 Å². The summed E-state index contributed by atoms with van der Waals surface area (Å²) in [6.45, 7) is 5.54. The smallest absolute Gasteiger partial charge is 0.268 e. The van der Waals surface area contributed by atoms with Crippen molar-refractivity contribution in [3.8, 4) is 0 Å². The van der Waals surface area contributed by atoms with E-state index in [0.29, 0.717) is 21.7 Å². The van der Waals surface area contributed by atoms with Gasteiger partial charge in [0.2, 0.25) is 0 Å². The lowest BCUT2D eigenvalue weighted by atomic mass is 10.1. The van der Waals surface area contributed by atoms with Crippen molar-refractivity contribution in [3.05, 3.63) is 74.2 Å². The number of carbonyl (C=O) groups is 2. The normalized spacial score (nSPS) is 16.2. The van der Waals surface area contributed by atoms with E-state index in [2.05, 4.69) is 0 Å². The zero-order valence-electron chi connectivity index (χ0n) is 14.5. The highest BCUT2D eigenvalue weighted by atomic mass is 32.2. The number of hydrogen-bond donors (Lipinski definition) is 0. The number of benzene rings is 2. The number of imide groups is 1. The first-order chi connectivity index (χ1) is 12.3. The first-order valence-corrected chi connectivity index (χ1v) is 8.71. The van der Waals surface area contributed by atoms with Gasteiger partial charge >= 0.3 is 0 Å². The summed E-state index contributed by atoms with van der Waals surface area (Å²) in [5, 5.41) is 10.4. The van der Waals surface area contributed by atoms with E-state index in [1.165, 1.54) is 17.0 Å². The Hall–Kier alpha value is -2.93. The predicted molar refractivity (Wildman–Crippen MR) is 102 cm³/mol. The number of nitro groups is 1. The molecule has 0 aliphatic carbocycles. The molecule has 0 bridgehead atoms. The number of amides is 2. The van der Waals surface area contributed by atoms with Crippen molar-refractivity contribution in [2.45, 2.75) is 20.8 Å². The average Bonchev–Trinajstić information content (AvgIpc) is 2.91. The van der Waals surface area contributed by atoms with Gasteiger partial charge in [-0.05, 0) is 73.0 Å². The number of aryl methyl sites for hydroxylation is 1. The second-order valence-corrected chi connectivity index (χ2v) is 6.95. The van der Waals surface area contributed by atoms with Crippen molar-refractivity contribution in [2.75, 3.05) is 4.90 Å². The van der Waals surface area contributed by atoms with Crippen LogP contribution in [0.2, 0.25) is 0 Å². The fourth-order valence-electron chi connectivity index (χ4n) is 2.75. The van der Waals surface area contributed by atoms with Gasteiger partial charge in [-0.25, -0.2) is 4.90 Å². The molecule has 1 aliphatic heterocycles. The molecule has 1 heterocycles. The second kappa shape index (κ2) is 6.76. The summed E-state index contributed by atoms with van der Waals surface area (Å²) in [5.41, 5.74) is 3.73. The third-order valence-electron chi connectivity index (χ3n) is 4.44. The highest BCUT2D eigenvalue weighted by Gasteiger charge is 2.38. The molecule has 6 nitrogen and oxygen atoms in total. The van der Waals surface area contributed by atoms with Gasteiger partial charge in [-0.3, -0.25) is 19.7 Å². The lowest BCUT2D eigenvalue weighted by Gasteiger charge is -2.16. The van der Waals surface area contributed by atoms with E-state index in [0.717, 1.165) is 22.9 Å². The molecule has 2 aromatic rings. The molecule has 2 amide bonds. The molecule has 0 unspecified atom stereocenters. The number of thioether (sulfide) groups is 1. The summed E-state index contributed by atoms with van der Waals surface area (Å²) in [6, 6.07) is 11.4. The van der Waals surface area contributed by atoms with Crippen LogP contribution >= 0.6 is 11.8 Å². The van der Waals surface area contributed by atoms with Crippen LogP contribution in [0.25, 0.3) is 5.57 Å². The predicted octanol–water partition coefficient (Wildman–Crippen LogP) is 4.84. The molecule has 0 aromatic heterocycles. The van der Waals surface area contributed by atoms with E-state index in [1.54, 1.807) is 25.1 Å². The standard InChI is InChI=1S/C19H16N2O4S/c1-11-5-4-6-16(12(11)2)20-18(22)17(26-19(20)23)13(3)14-7-9-15(10-8-14)21(24)25/h4-10H,1-3H3/b17-13-. The van der Waals surface area contributed by atoms with Gasteiger partial charge in [0, 0.05) is 12.1 Å². The fourth-order valence-corrected chi connectivity index (χ4v) is 3.64. The maximum absolute atomic E-state index is 12.9. The number of allylic oxidation sites excluding steroid dienone is 1. The van der Waals surface area contributed by atoms with Crippen molar-refractivity contribution in [1.82, 2.24) is 0 Å². The van der Waals surface area contributed by atoms with Gasteiger partial charge in [0.25, 0.3) is 16.8 Å². The summed E-state index contributed by atoms with van der Waals surface area (Å²) < 4.78 is 0. The number of non-ortho nitro benzene ring substituents is 1. The molecule has 0 N–H and O–H groups in total. The van der Waals surface area contributed by atoms with Crippen LogP contribution in [0.3, 0.4) is 0 Å². The van der Waals surface area contributed by atoms with Crippen LogP contribution in [0, 0.1) is 24.0 Å². The number of carbonyl (C=O) groups excluding carboxylic acids is 2. The number of hydrogen-bond acceptors (Lipinski definition) is 5. The van der Waals surface area contributed by atoms with E-state index in [9.17, 15) is 19.7 Å². The first kappa shape index (κ1) is 17.9. The van der Waals surface area contributed by atoms with Gasteiger partial charge in [0.15, 0.2) is 0 Å². The van der Waals surface area contributed by atoms with Crippen molar-refractivity contribution in [1.29, 1.82) is 0 Å². The zero-order valence-corrected chi connectivity index (χ0v) is 15.3. The zero-order chi connectivity index (χ0) is 19.0. The number of anilines is 1. The van der Waals surface area contributed by atoms with E-state index in [-0.39, 0.29) is 16.8 Å². The van der Waals surface area contributed by atoms with Gasteiger partial charge in [0.05, 0.1) is 15.5 Å². The third kappa shape index (κ3) is 3.01. The molecule has 132 valence electrons. The van der Waals surface area contributed by atoms with E-state index in [1.807, 2.05) is 26.0 Å². The van der Waals surface area contributed by atoms with Crippen LogP contribution in [0.1, 0.15) is 23.6 Å². The molecule has 1 aliphatic rings. The Morgan fingerprint density at radius 2 is 1.73 bits per heavy atom. The largest absolute Gasteiger partial charge is 0.298 e. The molecular weight excluding hydrogens is 352 g/mol. The molecular formula is C19H16N2O4S. The summed E-state index contributed by atoms with van der Waals surface area (Å²) >= 11 is 0.888. The summed E-state index contributed by atoms with van der Waals surface area (Å²) in [4.78, 5) is 37.2. The van der Waals surface area contributed by atoms with Gasteiger partial charge < -0.3 is 0 Å². The van der Waals surface area contributed by atoms with Crippen LogP contribution < -0.4 is 4.90 Å². The van der Waals surface area contributed by atoms with Gasteiger partial charge in [0.1, 0.15) is 0 Å². The molecule has 0 saturated carbocycles. The second-order valence-electron chi connectivity index (χ2n) is 5.99. The maximum Gasteiger partial charge on any atom is 0.298 e. The third-order valence-corrected chi connectivity index (χ3v) is 5.48. The summed E-state index contributed by atoms with van der Waals surface area (Å²) in [7, 11) is 0. The lowest BCUT2D eigenvalue weighted by molar-refractivity contribution is -0.384. The van der Waals surface area contributed by atoms with Crippen LogP contribution in [-0.2, 0) is 4.79 Å². The molecule has 1 fully saturated rings. The Morgan fingerprint density at radius 1 is 1.08 bits per heavy atom. The van der Waals surface area contributed by atoms with E-state index in [4.69, 9.17) is 0 Å². The van der Waals surface area contributed by atoms with E-state index < -0.39 is 4.92 Å². The molecule has 2 aromatic carbocycles. The topological polar surface area (TPSA) is 80.5 Å². The molecule has 0 radical (unpaired) electrons. The van der Waals surface area contributed by atoms with Crippen LogP contribution in [0.5, 0.6) is 0 Å². The molecule has 7 heteroatoms. The SMILES string of the molecule is C/C(=C1/SC(=O)N(c2cccc(C)c2C)C1=O)c1ccc([N+](=O)[O-])cc1. The summed E-state index contributed by atoms with van der Waals surface area (Å²) in [6.07, 6.45) is 0. The molecule has 0 atom stereocenters. The highest BCUT2D eigenvalue weighted by molar-refractivity contribution is 8.19. The minimum absolute atomic E-state index is 0.0231. The lowest BCUT2D eigenvalue weighted by Crippen LogP contribution is -2.28. The Bertz CT molecular complexity index is 964. The number of nitro benzene ring substituents is 1. The Balaban J connectivity index is 2.01. The average molecular weight is 368 g/mol.